The van der Waals surface area contributed by atoms with E-state index in [0.717, 1.165) is 12.8 Å². The molecule has 1 N–H and O–H groups in total. The van der Waals surface area contributed by atoms with E-state index in [-0.39, 0.29) is 5.91 Å². The summed E-state index contributed by atoms with van der Waals surface area (Å²) in [7, 11) is 0. The van der Waals surface area contributed by atoms with E-state index < -0.39 is 5.54 Å². The predicted molar refractivity (Wildman–Crippen MR) is 65.5 cm³/mol. The molecule has 0 atom stereocenters. The monoisotopic (exact) mass is 244 g/mol. The molecule has 1 amide bonds. The molecule has 5 heteroatoms. The normalized spacial score (nSPS) is 27.2. The maximum absolute atomic E-state index is 12.0. The molecule has 94 valence electrons. The van der Waals surface area contributed by atoms with Gasteiger partial charge in [-0.1, -0.05) is 6.92 Å². The average Bonchev–Trinajstić information content (AvgIpc) is 2.43. The van der Waals surface area contributed by atoms with Crippen LogP contribution in [0.5, 0.6) is 0 Å². The molecule has 1 saturated carbocycles. The second-order valence-electron chi connectivity index (χ2n) is 4.96. The maximum atomic E-state index is 12.0. The number of aromatic nitrogens is 2. The molecule has 1 fully saturated rings. The number of amides is 1. The zero-order valence-electron chi connectivity index (χ0n) is 10.4. The summed E-state index contributed by atoms with van der Waals surface area (Å²) < 4.78 is 0. The SMILES string of the molecule is CC1CCC(C#N)(NC(=O)c2cncnc2)CC1. The highest BCUT2D eigenvalue weighted by atomic mass is 16.1. The Bertz CT molecular complexity index is 458. The number of nitrogens with one attached hydrogen (secondary N) is 1. The molecule has 0 unspecified atom stereocenters. The van der Waals surface area contributed by atoms with Gasteiger partial charge in [0.2, 0.25) is 0 Å². The quantitative estimate of drug-likeness (QED) is 0.858. The van der Waals surface area contributed by atoms with Crippen LogP contribution in [0.15, 0.2) is 18.7 Å². The third kappa shape index (κ3) is 2.65. The number of carbonyl (C=O) groups is 1. The van der Waals surface area contributed by atoms with Crippen molar-refractivity contribution in [3.63, 3.8) is 0 Å². The van der Waals surface area contributed by atoms with E-state index in [1.807, 2.05) is 0 Å². The lowest BCUT2D eigenvalue weighted by atomic mass is 9.78. The molecule has 0 spiro atoms. The molecule has 1 heterocycles. The molecule has 0 aromatic carbocycles. The van der Waals surface area contributed by atoms with E-state index >= 15 is 0 Å². The zero-order valence-corrected chi connectivity index (χ0v) is 10.4. The molecule has 1 aliphatic rings. The predicted octanol–water partition coefficient (Wildman–Crippen LogP) is 1.68. The fourth-order valence-corrected chi connectivity index (χ4v) is 2.23. The number of carbonyl (C=O) groups excluding carboxylic acids is 1. The van der Waals surface area contributed by atoms with Gasteiger partial charge in [-0.3, -0.25) is 4.79 Å². The summed E-state index contributed by atoms with van der Waals surface area (Å²) in [6, 6.07) is 2.27. The summed E-state index contributed by atoms with van der Waals surface area (Å²) in [4.78, 5) is 19.6. The van der Waals surface area contributed by atoms with Gasteiger partial charge in [-0.25, -0.2) is 9.97 Å². The van der Waals surface area contributed by atoms with Crippen LogP contribution in [-0.2, 0) is 0 Å². The topological polar surface area (TPSA) is 78.7 Å². The van der Waals surface area contributed by atoms with E-state index in [1.54, 1.807) is 0 Å². The van der Waals surface area contributed by atoms with Crippen LogP contribution in [0.25, 0.3) is 0 Å². The summed E-state index contributed by atoms with van der Waals surface area (Å²) in [6.07, 6.45) is 7.66. The van der Waals surface area contributed by atoms with Gasteiger partial charge in [0, 0.05) is 12.4 Å². The molecule has 2 rings (SSSR count). The minimum Gasteiger partial charge on any atom is -0.334 e. The summed E-state index contributed by atoms with van der Waals surface area (Å²) >= 11 is 0. The molecule has 1 aromatic rings. The van der Waals surface area contributed by atoms with E-state index in [1.165, 1.54) is 18.7 Å². The van der Waals surface area contributed by atoms with Crippen LogP contribution in [0.1, 0.15) is 43.0 Å². The Hall–Kier alpha value is -1.96. The van der Waals surface area contributed by atoms with Crippen LogP contribution >= 0.6 is 0 Å². The van der Waals surface area contributed by atoms with Gasteiger partial charge in [0.15, 0.2) is 0 Å². The van der Waals surface area contributed by atoms with Crippen LogP contribution in [0, 0.1) is 17.2 Å². The zero-order chi connectivity index (χ0) is 13.0. The van der Waals surface area contributed by atoms with Crippen molar-refractivity contribution in [3.8, 4) is 6.07 Å². The van der Waals surface area contributed by atoms with Crippen molar-refractivity contribution in [2.24, 2.45) is 5.92 Å². The molecule has 0 aliphatic heterocycles. The first-order valence-corrected chi connectivity index (χ1v) is 6.14. The van der Waals surface area contributed by atoms with Crippen LogP contribution in [0.4, 0.5) is 0 Å². The smallest absolute Gasteiger partial charge is 0.255 e. The van der Waals surface area contributed by atoms with Gasteiger partial charge in [-0.15, -0.1) is 0 Å². The third-order valence-electron chi connectivity index (χ3n) is 3.52. The molecule has 0 saturated heterocycles. The van der Waals surface area contributed by atoms with Crippen LogP contribution < -0.4 is 5.32 Å². The van der Waals surface area contributed by atoms with Gasteiger partial charge in [0.1, 0.15) is 11.9 Å². The van der Waals surface area contributed by atoms with Crippen molar-refractivity contribution in [2.45, 2.75) is 38.1 Å². The minimum absolute atomic E-state index is 0.272. The molecule has 1 aliphatic carbocycles. The lowest BCUT2D eigenvalue weighted by Gasteiger charge is -2.34. The van der Waals surface area contributed by atoms with Gasteiger partial charge >= 0.3 is 0 Å². The highest BCUT2D eigenvalue weighted by Crippen LogP contribution is 2.31. The van der Waals surface area contributed by atoms with Gasteiger partial charge < -0.3 is 5.32 Å². The lowest BCUT2D eigenvalue weighted by molar-refractivity contribution is 0.0893. The Labute approximate surface area is 106 Å². The van der Waals surface area contributed by atoms with Crippen molar-refractivity contribution in [2.75, 3.05) is 0 Å². The molecule has 18 heavy (non-hydrogen) atoms. The summed E-state index contributed by atoms with van der Waals surface area (Å²) in [6.45, 7) is 2.17. The fraction of sp³-hybridized carbons (Fsp3) is 0.538. The Morgan fingerprint density at radius 2 is 2.06 bits per heavy atom. The van der Waals surface area contributed by atoms with Crippen molar-refractivity contribution >= 4 is 5.91 Å². The number of nitrogens with zero attached hydrogens (tertiary/aromatic N) is 3. The second kappa shape index (κ2) is 5.13. The molecular weight excluding hydrogens is 228 g/mol. The average molecular weight is 244 g/mol. The minimum atomic E-state index is -0.723. The standard InChI is InChI=1S/C13H16N4O/c1-10-2-4-13(8-14,5-3-10)17-12(18)11-6-15-9-16-7-11/h6-7,9-10H,2-5H2,1H3,(H,17,18). The van der Waals surface area contributed by atoms with Crippen LogP contribution in [0.2, 0.25) is 0 Å². The fourth-order valence-electron chi connectivity index (χ4n) is 2.23. The third-order valence-corrected chi connectivity index (χ3v) is 3.52. The van der Waals surface area contributed by atoms with Gasteiger partial charge in [0.25, 0.3) is 5.91 Å². The van der Waals surface area contributed by atoms with Gasteiger partial charge in [-0.05, 0) is 31.6 Å². The Morgan fingerprint density at radius 3 is 2.61 bits per heavy atom. The highest BCUT2D eigenvalue weighted by Gasteiger charge is 2.35. The van der Waals surface area contributed by atoms with E-state index in [4.69, 9.17) is 0 Å². The number of rotatable bonds is 2. The largest absolute Gasteiger partial charge is 0.334 e. The van der Waals surface area contributed by atoms with Crippen molar-refractivity contribution in [1.29, 1.82) is 5.26 Å². The first kappa shape index (κ1) is 12.5. The van der Waals surface area contributed by atoms with E-state index in [2.05, 4.69) is 28.3 Å². The Kier molecular flexibility index (Phi) is 3.56. The Balaban J connectivity index is 2.08. The highest BCUT2D eigenvalue weighted by molar-refractivity contribution is 5.94. The number of hydrogen-bond donors (Lipinski definition) is 1. The number of hydrogen-bond acceptors (Lipinski definition) is 4. The molecule has 5 nitrogen and oxygen atoms in total. The first-order chi connectivity index (χ1) is 8.65. The summed E-state index contributed by atoms with van der Waals surface area (Å²) in [5.74, 6) is 0.357. The van der Waals surface area contributed by atoms with E-state index in [9.17, 15) is 10.1 Å². The van der Waals surface area contributed by atoms with Crippen LogP contribution in [-0.4, -0.2) is 21.4 Å². The molecule has 1 aromatic heterocycles. The van der Waals surface area contributed by atoms with Crippen molar-refractivity contribution < 1.29 is 4.79 Å². The van der Waals surface area contributed by atoms with Gasteiger partial charge in [0.05, 0.1) is 11.6 Å². The van der Waals surface area contributed by atoms with Crippen molar-refractivity contribution in [1.82, 2.24) is 15.3 Å². The lowest BCUT2D eigenvalue weighted by Crippen LogP contribution is -2.49. The maximum Gasteiger partial charge on any atom is 0.255 e. The van der Waals surface area contributed by atoms with E-state index in [0.29, 0.717) is 24.3 Å². The molecule has 0 bridgehead atoms. The molecular formula is C13H16N4O. The van der Waals surface area contributed by atoms with Crippen LogP contribution in [0.3, 0.4) is 0 Å². The van der Waals surface area contributed by atoms with Gasteiger partial charge in [-0.2, -0.15) is 5.26 Å². The number of nitriles is 1. The Morgan fingerprint density at radius 1 is 1.44 bits per heavy atom. The van der Waals surface area contributed by atoms with Crippen molar-refractivity contribution in [3.05, 3.63) is 24.3 Å². The first-order valence-electron chi connectivity index (χ1n) is 6.14. The second-order valence-corrected chi connectivity index (χ2v) is 4.96. The molecule has 0 radical (unpaired) electrons. The summed E-state index contributed by atoms with van der Waals surface area (Å²) in [5.41, 5.74) is -0.329. The summed E-state index contributed by atoms with van der Waals surface area (Å²) in [5, 5.41) is 12.2.